The van der Waals surface area contributed by atoms with E-state index in [1.807, 2.05) is 26.0 Å². The van der Waals surface area contributed by atoms with Crippen LogP contribution in [0.2, 0.25) is 5.02 Å². The van der Waals surface area contributed by atoms with Gasteiger partial charge in [-0.25, -0.2) is 4.79 Å². The highest BCUT2D eigenvalue weighted by Crippen LogP contribution is 2.29. The average Bonchev–Trinajstić information content (AvgIpc) is 3.03. The normalized spacial score (nSPS) is 21.1. The first-order valence-corrected chi connectivity index (χ1v) is 11.0. The Balaban J connectivity index is 1.63. The number of carbonyl (C=O) groups is 3. The molecular weight excluding hydrogens is 420 g/mol. The smallest absolute Gasteiger partial charge is 0.321 e. The van der Waals surface area contributed by atoms with Crippen molar-refractivity contribution < 1.29 is 19.1 Å². The maximum Gasteiger partial charge on any atom is 0.321 e. The summed E-state index contributed by atoms with van der Waals surface area (Å²) in [7, 11) is 1.61. The first kappa shape index (κ1) is 23.3. The van der Waals surface area contributed by atoms with Crippen LogP contribution in [0, 0.1) is 5.92 Å². The summed E-state index contributed by atoms with van der Waals surface area (Å²) in [5.41, 5.74) is 0.930. The van der Waals surface area contributed by atoms with E-state index in [-0.39, 0.29) is 36.3 Å². The van der Waals surface area contributed by atoms with Gasteiger partial charge in [-0.3, -0.25) is 9.59 Å². The summed E-state index contributed by atoms with van der Waals surface area (Å²) in [6.45, 7) is 6.27. The van der Waals surface area contributed by atoms with Crippen LogP contribution in [-0.4, -0.2) is 84.5 Å². The third-order valence-electron chi connectivity index (χ3n) is 5.68. The third-order valence-corrected chi connectivity index (χ3v) is 5.93. The molecule has 170 valence electrons. The quantitative estimate of drug-likeness (QED) is 0.623. The summed E-state index contributed by atoms with van der Waals surface area (Å²) in [6, 6.07) is 6.39. The molecule has 2 saturated heterocycles. The number of carbonyl (C=O) groups excluding carboxylic acids is 3. The Labute approximate surface area is 188 Å². The number of ether oxygens (including phenoxy) is 1. The number of benzene rings is 1. The van der Waals surface area contributed by atoms with Crippen LogP contribution in [-0.2, 0) is 20.9 Å². The molecule has 0 aliphatic carbocycles. The molecule has 1 N–H and O–H groups in total. The van der Waals surface area contributed by atoms with E-state index in [9.17, 15) is 14.4 Å². The Bertz CT molecular complexity index is 801. The molecule has 1 aromatic rings. The van der Waals surface area contributed by atoms with Gasteiger partial charge in [0.25, 0.3) is 0 Å². The van der Waals surface area contributed by atoms with Crippen LogP contribution in [0.4, 0.5) is 4.79 Å². The fourth-order valence-electron chi connectivity index (χ4n) is 4.18. The lowest BCUT2D eigenvalue weighted by Gasteiger charge is -2.42. The van der Waals surface area contributed by atoms with Crippen molar-refractivity contribution in [2.45, 2.75) is 38.9 Å². The Morgan fingerprint density at radius 3 is 2.52 bits per heavy atom. The van der Waals surface area contributed by atoms with Crippen molar-refractivity contribution in [1.29, 1.82) is 0 Å². The van der Waals surface area contributed by atoms with Crippen molar-refractivity contribution in [2.75, 3.05) is 39.9 Å². The van der Waals surface area contributed by atoms with Crippen molar-refractivity contribution in [1.82, 2.24) is 20.0 Å². The number of methoxy groups -OCH3 is 1. The molecule has 1 aromatic carbocycles. The van der Waals surface area contributed by atoms with Gasteiger partial charge in [0.2, 0.25) is 11.8 Å². The number of fused-ring (bicyclic) bond motifs is 1. The lowest BCUT2D eigenvalue weighted by Crippen LogP contribution is -2.61. The summed E-state index contributed by atoms with van der Waals surface area (Å²) < 4.78 is 5.14. The molecule has 2 aliphatic heterocycles. The van der Waals surface area contributed by atoms with Gasteiger partial charge in [-0.15, -0.1) is 0 Å². The van der Waals surface area contributed by atoms with E-state index in [0.717, 1.165) is 5.56 Å². The fourth-order valence-corrected chi connectivity index (χ4v) is 4.30. The summed E-state index contributed by atoms with van der Waals surface area (Å²) in [6.07, 6.45) is 0.598. The van der Waals surface area contributed by atoms with Gasteiger partial charge in [-0.05, 0) is 30.0 Å². The van der Waals surface area contributed by atoms with Crippen LogP contribution >= 0.6 is 11.6 Å². The minimum atomic E-state index is -0.495. The molecule has 2 atom stereocenters. The summed E-state index contributed by atoms with van der Waals surface area (Å²) >= 11 is 5.88. The number of piperazine rings is 1. The van der Waals surface area contributed by atoms with Crippen molar-refractivity contribution in [2.24, 2.45) is 5.92 Å². The largest absolute Gasteiger partial charge is 0.383 e. The van der Waals surface area contributed by atoms with Gasteiger partial charge in [-0.2, -0.15) is 0 Å². The van der Waals surface area contributed by atoms with E-state index in [1.54, 1.807) is 33.9 Å². The zero-order valence-corrected chi connectivity index (χ0v) is 19.1. The topological polar surface area (TPSA) is 82.2 Å². The van der Waals surface area contributed by atoms with E-state index in [0.29, 0.717) is 44.2 Å². The Morgan fingerprint density at radius 1 is 1.19 bits per heavy atom. The van der Waals surface area contributed by atoms with Crippen molar-refractivity contribution >= 4 is 29.4 Å². The Hall–Kier alpha value is -2.32. The summed E-state index contributed by atoms with van der Waals surface area (Å²) in [4.78, 5) is 43.6. The number of amides is 4. The average molecular weight is 451 g/mol. The molecule has 0 bridgehead atoms. The highest BCUT2D eigenvalue weighted by molar-refractivity contribution is 6.30. The molecule has 2 fully saturated rings. The second-order valence-corrected chi connectivity index (χ2v) is 8.99. The van der Waals surface area contributed by atoms with E-state index in [1.165, 1.54) is 0 Å². The molecule has 31 heavy (non-hydrogen) atoms. The molecular formula is C22H31ClN4O4. The van der Waals surface area contributed by atoms with Gasteiger partial charge in [0, 0.05) is 38.3 Å². The number of hydrogen-bond donors (Lipinski definition) is 1. The molecule has 9 heteroatoms. The van der Waals surface area contributed by atoms with E-state index in [4.69, 9.17) is 16.3 Å². The number of urea groups is 1. The predicted molar refractivity (Wildman–Crippen MR) is 118 cm³/mol. The summed E-state index contributed by atoms with van der Waals surface area (Å²) in [5, 5.41) is 3.49. The summed E-state index contributed by atoms with van der Waals surface area (Å²) in [5.74, 6) is -0.00277. The number of rotatable bonds is 9. The standard InChI is InChI=1S/C22H31ClN4O4/c1-15(2)10-19-21(29)25(8-9-31-3)12-18-13-26(22(30)27(18)19)14-20(28)24-11-16-4-6-17(23)7-5-16/h4-7,15,18-19H,8-14H2,1-3H3,(H,24,28)/t18-,19-/m0/s1. The predicted octanol–water partition coefficient (Wildman–Crippen LogP) is 1.97. The molecule has 0 spiro atoms. The van der Waals surface area contributed by atoms with Crippen LogP contribution in [0.15, 0.2) is 24.3 Å². The molecule has 2 heterocycles. The zero-order valence-electron chi connectivity index (χ0n) is 18.3. The molecule has 4 amide bonds. The van der Waals surface area contributed by atoms with Crippen molar-refractivity contribution in [3.05, 3.63) is 34.9 Å². The fraction of sp³-hybridized carbons (Fsp3) is 0.591. The maximum atomic E-state index is 13.1. The van der Waals surface area contributed by atoms with Gasteiger partial charge < -0.3 is 24.8 Å². The minimum absolute atomic E-state index is 0.0277. The van der Waals surface area contributed by atoms with Crippen LogP contribution in [0.5, 0.6) is 0 Å². The van der Waals surface area contributed by atoms with Gasteiger partial charge in [0.05, 0.1) is 12.6 Å². The number of nitrogens with one attached hydrogen (secondary N) is 1. The number of hydrogen-bond acceptors (Lipinski definition) is 4. The van der Waals surface area contributed by atoms with Crippen LogP contribution in [0.1, 0.15) is 25.8 Å². The Kier molecular flexibility index (Phi) is 7.78. The minimum Gasteiger partial charge on any atom is -0.383 e. The second kappa shape index (κ2) is 10.3. The monoisotopic (exact) mass is 450 g/mol. The SMILES string of the molecule is COCCN1C[C@H]2CN(CC(=O)NCc3ccc(Cl)cc3)C(=O)N2[C@@H](CC(C)C)C1=O. The molecule has 0 aromatic heterocycles. The van der Waals surface area contributed by atoms with Gasteiger partial charge in [0.1, 0.15) is 12.6 Å². The van der Waals surface area contributed by atoms with Gasteiger partial charge in [0.15, 0.2) is 0 Å². The Morgan fingerprint density at radius 2 is 1.87 bits per heavy atom. The second-order valence-electron chi connectivity index (χ2n) is 8.55. The molecule has 8 nitrogen and oxygen atoms in total. The van der Waals surface area contributed by atoms with Crippen molar-refractivity contribution in [3.8, 4) is 0 Å². The first-order valence-electron chi connectivity index (χ1n) is 10.7. The maximum absolute atomic E-state index is 13.1. The molecule has 0 unspecified atom stereocenters. The van der Waals surface area contributed by atoms with Gasteiger partial charge in [-0.1, -0.05) is 37.6 Å². The van der Waals surface area contributed by atoms with E-state index < -0.39 is 6.04 Å². The molecule has 3 rings (SSSR count). The zero-order chi connectivity index (χ0) is 22.5. The molecule has 0 radical (unpaired) electrons. The number of nitrogens with zero attached hydrogens (tertiary/aromatic N) is 3. The van der Waals surface area contributed by atoms with Crippen molar-refractivity contribution in [3.63, 3.8) is 0 Å². The lowest BCUT2D eigenvalue weighted by molar-refractivity contribution is -0.143. The number of halogens is 1. The van der Waals surface area contributed by atoms with Crippen LogP contribution < -0.4 is 5.32 Å². The van der Waals surface area contributed by atoms with Gasteiger partial charge >= 0.3 is 6.03 Å². The molecule has 0 saturated carbocycles. The highest BCUT2D eigenvalue weighted by atomic mass is 35.5. The first-order chi connectivity index (χ1) is 14.8. The van der Waals surface area contributed by atoms with E-state index >= 15 is 0 Å². The molecule has 2 aliphatic rings. The van der Waals surface area contributed by atoms with E-state index in [2.05, 4.69) is 5.32 Å². The lowest BCUT2D eigenvalue weighted by atomic mass is 9.97. The van der Waals surface area contributed by atoms with Crippen LogP contribution in [0.3, 0.4) is 0 Å². The van der Waals surface area contributed by atoms with Crippen LogP contribution in [0.25, 0.3) is 0 Å². The highest BCUT2D eigenvalue weighted by Gasteiger charge is 2.49. The third kappa shape index (κ3) is 5.68.